The number of aromatic amines is 1. The topological polar surface area (TPSA) is 80.4 Å². The molecule has 0 aliphatic heterocycles. The Morgan fingerprint density at radius 1 is 1.25 bits per heavy atom. The molecule has 2 N–H and O–H groups in total. The third-order valence-corrected chi connectivity index (χ3v) is 4.73. The van der Waals surface area contributed by atoms with Crippen LogP contribution in [0.15, 0.2) is 18.2 Å². The van der Waals surface area contributed by atoms with Crippen LogP contribution in [0.5, 0.6) is 5.75 Å². The third-order valence-electron chi connectivity index (χ3n) is 4.73. The number of nitrogens with one attached hydrogen (secondary N) is 2. The molecule has 0 radical (unpaired) electrons. The number of hydrogen-bond donors (Lipinski definition) is 2. The van der Waals surface area contributed by atoms with E-state index in [1.807, 2.05) is 6.92 Å². The Morgan fingerprint density at radius 3 is 2.50 bits per heavy atom. The standard InChI is InChI=1S/C21H27FN2O4/c1-7-28-21(26)18-11(2)19(24-13(18)4)20(25)14(5)23-12(3)15-8-9-17(27-6)16(22)10-15/h8-10,12,14,23-24H,7H2,1-6H3. The van der Waals surface area contributed by atoms with Crippen molar-refractivity contribution in [3.8, 4) is 5.75 Å². The van der Waals surface area contributed by atoms with E-state index >= 15 is 0 Å². The van der Waals surface area contributed by atoms with Crippen molar-refractivity contribution >= 4 is 11.8 Å². The van der Waals surface area contributed by atoms with Gasteiger partial charge in [-0.15, -0.1) is 0 Å². The van der Waals surface area contributed by atoms with Gasteiger partial charge in [-0.1, -0.05) is 6.07 Å². The van der Waals surface area contributed by atoms with E-state index in [1.54, 1.807) is 39.8 Å². The summed E-state index contributed by atoms with van der Waals surface area (Å²) in [5, 5.41) is 3.18. The van der Waals surface area contributed by atoms with Crippen LogP contribution in [0.4, 0.5) is 4.39 Å². The Morgan fingerprint density at radius 2 is 1.93 bits per heavy atom. The number of halogens is 1. The van der Waals surface area contributed by atoms with Crippen molar-refractivity contribution in [2.75, 3.05) is 13.7 Å². The zero-order valence-electron chi connectivity index (χ0n) is 17.1. The highest BCUT2D eigenvalue weighted by Crippen LogP contribution is 2.24. The SMILES string of the molecule is CCOC(=O)c1c(C)[nH]c(C(=O)C(C)NC(C)c2ccc(OC)c(F)c2)c1C. The molecule has 0 aliphatic rings. The third kappa shape index (κ3) is 4.42. The molecule has 0 bridgehead atoms. The smallest absolute Gasteiger partial charge is 0.340 e. The number of aromatic nitrogens is 1. The molecule has 2 unspecified atom stereocenters. The fraction of sp³-hybridized carbons (Fsp3) is 0.429. The fourth-order valence-electron chi connectivity index (χ4n) is 3.22. The molecule has 0 fully saturated rings. The highest BCUT2D eigenvalue weighted by molar-refractivity contribution is 6.03. The zero-order chi connectivity index (χ0) is 21.0. The molecule has 2 rings (SSSR count). The Balaban J connectivity index is 2.17. The number of ether oxygens (including phenoxy) is 2. The van der Waals surface area contributed by atoms with Crippen LogP contribution in [0.2, 0.25) is 0 Å². The average molecular weight is 390 g/mol. The van der Waals surface area contributed by atoms with Crippen LogP contribution in [0.1, 0.15) is 64.5 Å². The highest BCUT2D eigenvalue weighted by atomic mass is 19.1. The summed E-state index contributed by atoms with van der Waals surface area (Å²) in [6.45, 7) is 9.03. The van der Waals surface area contributed by atoms with Gasteiger partial charge in [0.15, 0.2) is 17.3 Å². The van der Waals surface area contributed by atoms with Crippen LogP contribution >= 0.6 is 0 Å². The van der Waals surface area contributed by atoms with E-state index < -0.39 is 17.8 Å². The minimum absolute atomic E-state index is 0.170. The van der Waals surface area contributed by atoms with Crippen LogP contribution in [-0.2, 0) is 4.74 Å². The number of carbonyl (C=O) groups is 2. The molecule has 0 amide bonds. The lowest BCUT2D eigenvalue weighted by molar-refractivity contribution is 0.0525. The van der Waals surface area contributed by atoms with Crippen LogP contribution < -0.4 is 10.1 Å². The van der Waals surface area contributed by atoms with Crippen molar-refractivity contribution in [1.82, 2.24) is 10.3 Å². The summed E-state index contributed by atoms with van der Waals surface area (Å²) in [6, 6.07) is 3.88. The molecule has 7 heteroatoms. The number of methoxy groups -OCH3 is 1. The van der Waals surface area contributed by atoms with E-state index in [9.17, 15) is 14.0 Å². The molecule has 0 aliphatic carbocycles. The largest absolute Gasteiger partial charge is 0.494 e. The molecule has 28 heavy (non-hydrogen) atoms. The van der Waals surface area contributed by atoms with Crippen molar-refractivity contribution in [2.45, 2.75) is 46.7 Å². The van der Waals surface area contributed by atoms with Gasteiger partial charge in [0.2, 0.25) is 0 Å². The fourth-order valence-corrected chi connectivity index (χ4v) is 3.22. The minimum atomic E-state index is -0.549. The van der Waals surface area contributed by atoms with Crippen LogP contribution in [-0.4, -0.2) is 36.5 Å². The second kappa shape index (κ2) is 9.01. The van der Waals surface area contributed by atoms with Crippen LogP contribution in [0, 0.1) is 19.7 Å². The molecule has 0 saturated heterocycles. The van der Waals surface area contributed by atoms with E-state index in [2.05, 4.69) is 10.3 Å². The Hall–Kier alpha value is -2.67. The lowest BCUT2D eigenvalue weighted by Gasteiger charge is -2.20. The van der Waals surface area contributed by atoms with Gasteiger partial charge in [0.05, 0.1) is 31.0 Å². The van der Waals surface area contributed by atoms with Crippen molar-refractivity contribution in [2.24, 2.45) is 0 Å². The summed E-state index contributed by atoms with van der Waals surface area (Å²) < 4.78 is 23.9. The minimum Gasteiger partial charge on any atom is -0.494 e. The number of carbonyl (C=O) groups excluding carboxylic acids is 2. The summed E-state index contributed by atoms with van der Waals surface area (Å²) in [4.78, 5) is 28.0. The summed E-state index contributed by atoms with van der Waals surface area (Å²) in [7, 11) is 1.41. The molecule has 1 aromatic heterocycles. The first-order valence-corrected chi connectivity index (χ1v) is 9.21. The predicted octanol–water partition coefficient (Wildman–Crippen LogP) is 3.88. The summed E-state index contributed by atoms with van der Waals surface area (Å²) in [5.41, 5.74) is 2.62. The molecule has 1 aromatic carbocycles. The number of ketones is 1. The molecular formula is C21H27FN2O4. The molecule has 0 spiro atoms. The normalized spacial score (nSPS) is 13.1. The Kier molecular flexibility index (Phi) is 6.96. The average Bonchev–Trinajstić information content (AvgIpc) is 2.95. The van der Waals surface area contributed by atoms with Crippen molar-refractivity contribution in [3.05, 3.63) is 52.1 Å². The number of Topliss-reactive ketones (excluding diaryl/α,β-unsaturated/α-hetero) is 1. The summed E-state index contributed by atoms with van der Waals surface area (Å²) in [6.07, 6.45) is 0. The van der Waals surface area contributed by atoms with Gasteiger partial charge in [0.1, 0.15) is 0 Å². The molecule has 2 atom stereocenters. The van der Waals surface area contributed by atoms with Crippen LogP contribution in [0.25, 0.3) is 0 Å². The first-order chi connectivity index (χ1) is 13.2. The maximum absolute atomic E-state index is 13.9. The van der Waals surface area contributed by atoms with Gasteiger partial charge in [0, 0.05) is 11.7 Å². The number of rotatable bonds is 8. The van der Waals surface area contributed by atoms with Crippen LogP contribution in [0.3, 0.4) is 0 Å². The summed E-state index contributed by atoms with van der Waals surface area (Å²) >= 11 is 0. The summed E-state index contributed by atoms with van der Waals surface area (Å²) in [5.74, 6) is -0.918. The molecular weight excluding hydrogens is 363 g/mol. The number of H-pyrrole nitrogens is 1. The van der Waals surface area contributed by atoms with Gasteiger partial charge >= 0.3 is 5.97 Å². The van der Waals surface area contributed by atoms with Crippen molar-refractivity contribution < 1.29 is 23.5 Å². The second-order valence-corrected chi connectivity index (χ2v) is 6.71. The quantitative estimate of drug-likeness (QED) is 0.528. The number of benzene rings is 1. The van der Waals surface area contributed by atoms with Crippen molar-refractivity contribution in [3.63, 3.8) is 0 Å². The molecule has 0 saturated carbocycles. The van der Waals surface area contributed by atoms with Gasteiger partial charge in [-0.05, 0) is 57.9 Å². The van der Waals surface area contributed by atoms with Gasteiger partial charge < -0.3 is 19.8 Å². The number of hydrogen-bond acceptors (Lipinski definition) is 5. The predicted molar refractivity (Wildman–Crippen MR) is 105 cm³/mol. The van der Waals surface area contributed by atoms with Gasteiger partial charge in [-0.3, -0.25) is 4.79 Å². The van der Waals surface area contributed by atoms with Gasteiger partial charge in [-0.2, -0.15) is 0 Å². The second-order valence-electron chi connectivity index (χ2n) is 6.71. The maximum Gasteiger partial charge on any atom is 0.340 e. The zero-order valence-corrected chi connectivity index (χ0v) is 17.1. The lowest BCUT2D eigenvalue weighted by Crippen LogP contribution is -2.36. The molecule has 2 aromatic rings. The molecule has 152 valence electrons. The van der Waals surface area contributed by atoms with Gasteiger partial charge in [0.25, 0.3) is 0 Å². The van der Waals surface area contributed by atoms with E-state index in [0.717, 1.165) is 0 Å². The number of esters is 1. The van der Waals surface area contributed by atoms with Gasteiger partial charge in [-0.25, -0.2) is 9.18 Å². The first-order valence-electron chi connectivity index (χ1n) is 9.21. The molecule has 6 nitrogen and oxygen atoms in total. The highest BCUT2D eigenvalue weighted by Gasteiger charge is 2.26. The number of aryl methyl sites for hydroxylation is 1. The van der Waals surface area contributed by atoms with E-state index in [-0.39, 0.29) is 24.2 Å². The molecule has 1 heterocycles. The first kappa shape index (κ1) is 21.6. The monoisotopic (exact) mass is 390 g/mol. The Labute approximate surface area is 164 Å². The Bertz CT molecular complexity index is 876. The van der Waals surface area contributed by atoms with Crippen molar-refractivity contribution in [1.29, 1.82) is 0 Å². The van der Waals surface area contributed by atoms with E-state index in [4.69, 9.17) is 9.47 Å². The lowest BCUT2D eigenvalue weighted by atomic mass is 10.0. The van der Waals surface area contributed by atoms with E-state index in [1.165, 1.54) is 13.2 Å². The van der Waals surface area contributed by atoms with E-state index in [0.29, 0.717) is 28.1 Å². The maximum atomic E-state index is 13.9.